The maximum atomic E-state index is 13.2. The van der Waals surface area contributed by atoms with Gasteiger partial charge in [-0.25, -0.2) is 9.37 Å². The number of pyridine rings is 1. The predicted molar refractivity (Wildman–Crippen MR) is 127 cm³/mol. The second-order valence-electron chi connectivity index (χ2n) is 8.05. The number of piperazine rings is 1. The molecule has 5 rings (SSSR count). The number of halogens is 1. The third-order valence-corrected chi connectivity index (χ3v) is 6.95. The summed E-state index contributed by atoms with van der Waals surface area (Å²) in [5.41, 5.74) is 3.40. The Balaban J connectivity index is 1.22. The van der Waals surface area contributed by atoms with Gasteiger partial charge in [-0.2, -0.15) is 0 Å². The molecule has 2 aromatic carbocycles. The third-order valence-electron chi connectivity index (χ3n) is 5.98. The van der Waals surface area contributed by atoms with Crippen LogP contribution in [0.25, 0.3) is 0 Å². The van der Waals surface area contributed by atoms with Gasteiger partial charge in [-0.1, -0.05) is 23.9 Å². The van der Waals surface area contributed by atoms with Gasteiger partial charge in [0, 0.05) is 43.6 Å². The molecule has 168 valence electrons. The Kier molecular flexibility index (Phi) is 6.00. The monoisotopic (exact) mass is 462 g/mol. The summed E-state index contributed by atoms with van der Waals surface area (Å²) in [6.45, 7) is 3.09. The average molecular weight is 463 g/mol. The van der Waals surface area contributed by atoms with E-state index < -0.39 is 0 Å². The molecular weight excluding hydrogens is 439 g/mol. The minimum absolute atomic E-state index is 0.000278. The standard InChI is InChI=1S/C25H23FN4O2S/c26-20-7-9-21(10-8-20)28-12-14-29(15-13-28)25(32)19-5-3-18(4-6-19)16-30-22-2-1-11-27-24(22)33-17-23(30)31/h1-11H,12-17H2. The molecule has 0 aliphatic carbocycles. The van der Waals surface area contributed by atoms with E-state index in [0.717, 1.165) is 22.0 Å². The van der Waals surface area contributed by atoms with Gasteiger partial charge in [-0.15, -0.1) is 0 Å². The molecular formula is C25H23FN4O2S. The fraction of sp³-hybridized carbons (Fsp3) is 0.240. The Morgan fingerprint density at radius 3 is 2.42 bits per heavy atom. The van der Waals surface area contributed by atoms with Crippen LogP contribution in [-0.4, -0.2) is 53.6 Å². The van der Waals surface area contributed by atoms with Gasteiger partial charge in [-0.05, 0) is 54.1 Å². The lowest BCUT2D eigenvalue weighted by Crippen LogP contribution is -2.48. The normalized spacial score (nSPS) is 16.0. The van der Waals surface area contributed by atoms with E-state index in [2.05, 4.69) is 9.88 Å². The molecule has 2 aliphatic rings. The van der Waals surface area contributed by atoms with E-state index in [9.17, 15) is 14.0 Å². The summed E-state index contributed by atoms with van der Waals surface area (Å²) in [7, 11) is 0. The highest BCUT2D eigenvalue weighted by Crippen LogP contribution is 2.34. The number of fused-ring (bicyclic) bond motifs is 1. The number of nitrogens with zero attached hydrogens (tertiary/aromatic N) is 4. The zero-order chi connectivity index (χ0) is 22.8. The molecule has 2 amide bonds. The molecule has 1 aromatic heterocycles. The van der Waals surface area contributed by atoms with Crippen LogP contribution in [0.4, 0.5) is 15.8 Å². The zero-order valence-electron chi connectivity index (χ0n) is 18.0. The van der Waals surface area contributed by atoms with Crippen LogP contribution in [-0.2, 0) is 11.3 Å². The van der Waals surface area contributed by atoms with Crippen molar-refractivity contribution in [3.05, 3.63) is 83.8 Å². The number of thioether (sulfide) groups is 1. The molecule has 0 atom stereocenters. The highest BCUT2D eigenvalue weighted by molar-refractivity contribution is 8.00. The molecule has 0 radical (unpaired) electrons. The van der Waals surface area contributed by atoms with E-state index in [-0.39, 0.29) is 17.6 Å². The number of amides is 2. The molecule has 8 heteroatoms. The highest BCUT2D eigenvalue weighted by Gasteiger charge is 2.26. The van der Waals surface area contributed by atoms with Gasteiger partial charge < -0.3 is 14.7 Å². The summed E-state index contributed by atoms with van der Waals surface area (Å²) >= 11 is 1.46. The Hall–Kier alpha value is -3.39. The molecule has 3 aromatic rings. The Labute approximate surface area is 196 Å². The van der Waals surface area contributed by atoms with Crippen LogP contribution < -0.4 is 9.80 Å². The van der Waals surface area contributed by atoms with Crippen molar-refractivity contribution in [1.82, 2.24) is 9.88 Å². The van der Waals surface area contributed by atoms with Crippen molar-refractivity contribution >= 4 is 35.0 Å². The SMILES string of the molecule is O=C(c1ccc(CN2C(=O)CSc3ncccc32)cc1)N1CCN(c2ccc(F)cc2)CC1. The molecule has 1 saturated heterocycles. The van der Waals surface area contributed by atoms with Crippen molar-refractivity contribution in [1.29, 1.82) is 0 Å². The van der Waals surface area contributed by atoms with Crippen molar-refractivity contribution in [2.75, 3.05) is 41.7 Å². The van der Waals surface area contributed by atoms with Gasteiger partial charge in [0.05, 0.1) is 18.0 Å². The fourth-order valence-electron chi connectivity index (χ4n) is 4.15. The van der Waals surface area contributed by atoms with Gasteiger partial charge in [0.15, 0.2) is 0 Å². The summed E-state index contributed by atoms with van der Waals surface area (Å²) in [4.78, 5) is 35.6. The lowest BCUT2D eigenvalue weighted by molar-refractivity contribution is -0.116. The van der Waals surface area contributed by atoms with E-state index in [4.69, 9.17) is 0 Å². The van der Waals surface area contributed by atoms with Gasteiger partial charge in [0.25, 0.3) is 5.91 Å². The van der Waals surface area contributed by atoms with Crippen molar-refractivity contribution in [3.63, 3.8) is 0 Å². The number of carbonyl (C=O) groups is 2. The lowest BCUT2D eigenvalue weighted by Gasteiger charge is -2.36. The van der Waals surface area contributed by atoms with Gasteiger partial charge in [0.2, 0.25) is 5.91 Å². The first-order chi connectivity index (χ1) is 16.1. The number of hydrogen-bond donors (Lipinski definition) is 0. The lowest BCUT2D eigenvalue weighted by atomic mass is 10.1. The van der Waals surface area contributed by atoms with E-state index >= 15 is 0 Å². The van der Waals surface area contributed by atoms with Gasteiger partial charge >= 0.3 is 0 Å². The van der Waals surface area contributed by atoms with E-state index in [1.54, 1.807) is 23.2 Å². The second kappa shape index (κ2) is 9.23. The Morgan fingerprint density at radius 2 is 1.70 bits per heavy atom. The molecule has 0 spiro atoms. The van der Waals surface area contributed by atoms with E-state index in [1.165, 1.54) is 23.9 Å². The first-order valence-electron chi connectivity index (χ1n) is 10.9. The number of hydrogen-bond acceptors (Lipinski definition) is 5. The predicted octanol–water partition coefficient (Wildman–Crippen LogP) is 3.82. The largest absolute Gasteiger partial charge is 0.368 e. The Morgan fingerprint density at radius 1 is 0.970 bits per heavy atom. The Bertz CT molecular complexity index is 1160. The molecule has 6 nitrogen and oxygen atoms in total. The van der Waals surface area contributed by atoms with Gasteiger partial charge in [0.1, 0.15) is 10.8 Å². The van der Waals surface area contributed by atoms with Crippen LogP contribution in [0.3, 0.4) is 0 Å². The van der Waals surface area contributed by atoms with Crippen molar-refractivity contribution in [2.45, 2.75) is 11.6 Å². The summed E-state index contributed by atoms with van der Waals surface area (Å²) in [6.07, 6.45) is 1.74. The van der Waals surface area contributed by atoms with Crippen LogP contribution in [0, 0.1) is 5.82 Å². The van der Waals surface area contributed by atoms with Crippen LogP contribution in [0.15, 0.2) is 71.9 Å². The fourth-order valence-corrected chi connectivity index (χ4v) is 5.03. The van der Waals surface area contributed by atoms with Crippen LogP contribution in [0.1, 0.15) is 15.9 Å². The van der Waals surface area contributed by atoms with Crippen molar-refractivity contribution in [2.24, 2.45) is 0 Å². The van der Waals surface area contributed by atoms with Crippen LogP contribution >= 0.6 is 11.8 Å². The zero-order valence-corrected chi connectivity index (χ0v) is 18.8. The number of aromatic nitrogens is 1. The number of benzene rings is 2. The summed E-state index contributed by atoms with van der Waals surface area (Å²) in [6, 6.07) is 17.7. The molecule has 0 bridgehead atoms. The van der Waals surface area contributed by atoms with Gasteiger partial charge in [-0.3, -0.25) is 9.59 Å². The quantitative estimate of drug-likeness (QED) is 0.590. The molecule has 0 unspecified atom stereocenters. The van der Waals surface area contributed by atoms with E-state index in [0.29, 0.717) is 44.0 Å². The minimum Gasteiger partial charge on any atom is -0.368 e. The summed E-state index contributed by atoms with van der Waals surface area (Å²) in [5, 5.41) is 0.865. The first-order valence-corrected chi connectivity index (χ1v) is 11.8. The molecule has 1 fully saturated rings. The van der Waals surface area contributed by atoms with Crippen molar-refractivity contribution in [3.8, 4) is 0 Å². The molecule has 3 heterocycles. The van der Waals surface area contributed by atoms with Crippen LogP contribution in [0.2, 0.25) is 0 Å². The number of rotatable bonds is 4. The van der Waals surface area contributed by atoms with Crippen molar-refractivity contribution < 1.29 is 14.0 Å². The number of anilines is 2. The summed E-state index contributed by atoms with van der Waals surface area (Å²) < 4.78 is 13.2. The average Bonchev–Trinajstić information content (AvgIpc) is 2.86. The third kappa shape index (κ3) is 4.57. The van der Waals surface area contributed by atoms with Crippen LogP contribution in [0.5, 0.6) is 0 Å². The maximum Gasteiger partial charge on any atom is 0.253 e. The molecule has 0 N–H and O–H groups in total. The first kappa shape index (κ1) is 21.5. The minimum atomic E-state index is -0.250. The summed E-state index contributed by atoms with van der Waals surface area (Å²) in [5.74, 6) is 0.185. The number of carbonyl (C=O) groups excluding carboxylic acids is 2. The smallest absolute Gasteiger partial charge is 0.253 e. The highest BCUT2D eigenvalue weighted by atomic mass is 32.2. The maximum absolute atomic E-state index is 13.2. The topological polar surface area (TPSA) is 56.8 Å². The molecule has 0 saturated carbocycles. The second-order valence-corrected chi connectivity index (χ2v) is 9.01. The molecule has 33 heavy (non-hydrogen) atoms. The molecule has 2 aliphatic heterocycles. The van der Waals surface area contributed by atoms with E-state index in [1.807, 2.05) is 41.3 Å².